The molecular weight excluding hydrogens is 408 g/mol. The highest BCUT2D eigenvalue weighted by Crippen LogP contribution is 2.30. The van der Waals surface area contributed by atoms with Crippen LogP contribution in [0.5, 0.6) is 0 Å². The highest BCUT2D eigenvalue weighted by molar-refractivity contribution is 6.30. The lowest BCUT2D eigenvalue weighted by Gasteiger charge is -2.06. The Bertz CT molecular complexity index is 1310. The van der Waals surface area contributed by atoms with Crippen LogP contribution in [-0.4, -0.2) is 24.5 Å². The van der Waals surface area contributed by atoms with Crippen molar-refractivity contribution in [2.45, 2.75) is 6.54 Å². The van der Waals surface area contributed by atoms with E-state index in [-0.39, 0.29) is 5.56 Å². The highest BCUT2D eigenvalue weighted by Gasteiger charge is 2.16. The number of fused-ring (bicyclic) bond motifs is 1. The molecule has 5 nitrogen and oxygen atoms in total. The number of hydrogen-bond donors (Lipinski definition) is 0. The van der Waals surface area contributed by atoms with Gasteiger partial charge in [0.25, 0.3) is 0 Å². The molecule has 0 saturated heterocycles. The van der Waals surface area contributed by atoms with Gasteiger partial charge < -0.3 is 4.57 Å². The first-order chi connectivity index (χ1) is 14.6. The van der Waals surface area contributed by atoms with E-state index in [0.717, 1.165) is 23.0 Å². The van der Waals surface area contributed by atoms with E-state index in [4.69, 9.17) is 11.6 Å². The first-order valence-corrected chi connectivity index (χ1v) is 9.53. The van der Waals surface area contributed by atoms with E-state index in [1.54, 1.807) is 22.9 Å². The number of hydrogen-bond acceptors (Lipinski definition) is 3. The average molecular weight is 422 g/mol. The van der Waals surface area contributed by atoms with Gasteiger partial charge in [-0.2, -0.15) is 0 Å². The van der Waals surface area contributed by atoms with Gasteiger partial charge in [-0.05, 0) is 48.5 Å². The molecule has 2 aromatic carbocycles. The number of pyridine rings is 1. The third kappa shape index (κ3) is 3.44. The number of rotatable bonds is 4. The van der Waals surface area contributed by atoms with E-state index in [1.807, 2.05) is 41.4 Å². The molecule has 3 aromatic rings. The van der Waals surface area contributed by atoms with E-state index >= 15 is 0 Å². The lowest BCUT2D eigenvalue weighted by molar-refractivity contribution is 0.511. The summed E-state index contributed by atoms with van der Waals surface area (Å²) in [5.41, 5.74) is 3.68. The van der Waals surface area contributed by atoms with Crippen LogP contribution >= 0.6 is 11.6 Å². The van der Waals surface area contributed by atoms with Crippen molar-refractivity contribution in [3.05, 3.63) is 95.5 Å². The van der Waals surface area contributed by atoms with Crippen LogP contribution in [0.25, 0.3) is 28.2 Å². The molecule has 0 saturated carbocycles. The largest absolute Gasteiger partial charge is 0.346 e. The van der Waals surface area contributed by atoms with Crippen molar-refractivity contribution in [1.29, 1.82) is 0 Å². The van der Waals surface area contributed by atoms with E-state index in [2.05, 4.69) is 15.3 Å². The predicted octanol–water partition coefficient (Wildman–Crippen LogP) is 5.22. The fourth-order valence-electron chi connectivity index (χ4n) is 3.28. The maximum Gasteiger partial charge on any atom is 0.168 e. The van der Waals surface area contributed by atoms with Crippen LogP contribution in [0.1, 0.15) is 5.69 Å². The molecule has 0 atom stereocenters. The maximum atomic E-state index is 14.1. The number of halogens is 3. The Balaban J connectivity index is 1.42. The van der Waals surface area contributed by atoms with Crippen LogP contribution < -0.4 is 0 Å². The number of aromatic nitrogens is 5. The van der Waals surface area contributed by atoms with Crippen molar-refractivity contribution in [2.24, 2.45) is 0 Å². The van der Waals surface area contributed by atoms with Crippen molar-refractivity contribution >= 4 is 11.6 Å². The average Bonchev–Trinajstić information content (AvgIpc) is 3.37. The Morgan fingerprint density at radius 2 is 1.77 bits per heavy atom. The second-order valence-corrected chi connectivity index (χ2v) is 7.27. The Labute approximate surface area is 175 Å². The zero-order valence-corrected chi connectivity index (χ0v) is 16.3. The zero-order chi connectivity index (χ0) is 20.7. The standard InChI is InChI=1S/C22H14ClF2N5/c23-15-4-6-17(7-5-15)30-12-16(27-28-30)11-29-9-8-14-10-20(26-21(14)13-29)18-2-1-3-19(24)22(18)25/h1-10,12-13H,11H2. The summed E-state index contributed by atoms with van der Waals surface area (Å²) in [6, 6.07) is 15.0. The first-order valence-electron chi connectivity index (χ1n) is 9.15. The van der Waals surface area contributed by atoms with Crippen molar-refractivity contribution in [2.75, 3.05) is 0 Å². The second kappa shape index (κ2) is 7.35. The Hall–Kier alpha value is -3.58. The molecule has 8 heteroatoms. The molecule has 0 spiro atoms. The van der Waals surface area contributed by atoms with Crippen LogP contribution in [0.2, 0.25) is 5.02 Å². The predicted molar refractivity (Wildman–Crippen MR) is 110 cm³/mol. The minimum atomic E-state index is -0.896. The van der Waals surface area contributed by atoms with Gasteiger partial charge >= 0.3 is 0 Å². The lowest BCUT2D eigenvalue weighted by atomic mass is 10.1. The summed E-state index contributed by atoms with van der Waals surface area (Å²) in [5.74, 6) is -1.79. The molecule has 30 heavy (non-hydrogen) atoms. The molecule has 3 heterocycles. The van der Waals surface area contributed by atoms with Gasteiger partial charge in [-0.15, -0.1) is 5.10 Å². The lowest BCUT2D eigenvalue weighted by Crippen LogP contribution is -2.01. The molecule has 0 N–H and O–H groups in total. The van der Waals surface area contributed by atoms with E-state index in [9.17, 15) is 8.78 Å². The van der Waals surface area contributed by atoms with Gasteiger partial charge in [-0.1, -0.05) is 22.9 Å². The molecule has 0 bridgehead atoms. The van der Waals surface area contributed by atoms with Crippen molar-refractivity contribution in [1.82, 2.24) is 24.5 Å². The third-order valence-corrected chi connectivity index (χ3v) is 5.02. The van der Waals surface area contributed by atoms with Crippen LogP contribution in [0, 0.1) is 11.6 Å². The van der Waals surface area contributed by atoms with E-state index < -0.39 is 11.6 Å². The quantitative estimate of drug-likeness (QED) is 0.400. The van der Waals surface area contributed by atoms with Crippen LogP contribution in [0.3, 0.4) is 0 Å². The molecule has 0 fully saturated rings. The topological polar surface area (TPSA) is 48.5 Å². The summed E-state index contributed by atoms with van der Waals surface area (Å²) in [7, 11) is 0. The first kappa shape index (κ1) is 18.4. The monoisotopic (exact) mass is 421 g/mol. The molecule has 2 aliphatic rings. The molecule has 0 aliphatic carbocycles. The van der Waals surface area contributed by atoms with Crippen molar-refractivity contribution in [3.8, 4) is 28.2 Å². The molecule has 0 radical (unpaired) electrons. The van der Waals surface area contributed by atoms with Crippen molar-refractivity contribution in [3.63, 3.8) is 0 Å². The van der Waals surface area contributed by atoms with Gasteiger partial charge in [0, 0.05) is 28.5 Å². The van der Waals surface area contributed by atoms with Gasteiger partial charge in [0.2, 0.25) is 0 Å². The smallest absolute Gasteiger partial charge is 0.168 e. The molecule has 0 unspecified atom stereocenters. The van der Waals surface area contributed by atoms with Crippen LogP contribution in [0.15, 0.2) is 73.2 Å². The summed E-state index contributed by atoms with van der Waals surface area (Å²) in [6.45, 7) is 0.486. The molecule has 1 aromatic heterocycles. The molecule has 0 amide bonds. The minimum Gasteiger partial charge on any atom is -0.346 e. The van der Waals surface area contributed by atoms with Gasteiger partial charge in [-0.25, -0.2) is 18.4 Å². The summed E-state index contributed by atoms with van der Waals surface area (Å²) in [6.07, 6.45) is 5.57. The zero-order valence-electron chi connectivity index (χ0n) is 15.5. The molecular formula is C22H14ClF2N5. The second-order valence-electron chi connectivity index (χ2n) is 6.83. The number of nitrogens with zero attached hydrogens (tertiary/aromatic N) is 5. The van der Waals surface area contributed by atoms with Gasteiger partial charge in [0.05, 0.1) is 29.8 Å². The Kier molecular flexibility index (Phi) is 4.52. The fourth-order valence-corrected chi connectivity index (χ4v) is 3.40. The summed E-state index contributed by atoms with van der Waals surface area (Å²) >= 11 is 5.92. The Morgan fingerprint density at radius 3 is 2.60 bits per heavy atom. The molecule has 2 aliphatic heterocycles. The van der Waals surface area contributed by atoms with E-state index in [0.29, 0.717) is 23.0 Å². The number of benzene rings is 2. The van der Waals surface area contributed by atoms with Gasteiger partial charge in [-0.3, -0.25) is 0 Å². The van der Waals surface area contributed by atoms with Gasteiger partial charge in [0.1, 0.15) is 5.69 Å². The summed E-state index contributed by atoms with van der Waals surface area (Å²) in [4.78, 5) is 4.47. The molecule has 148 valence electrons. The summed E-state index contributed by atoms with van der Waals surface area (Å²) in [5, 5.41) is 9.02. The summed E-state index contributed by atoms with van der Waals surface area (Å²) < 4.78 is 31.2. The van der Waals surface area contributed by atoms with Crippen molar-refractivity contribution < 1.29 is 8.78 Å². The van der Waals surface area contributed by atoms with E-state index in [1.165, 1.54) is 12.1 Å². The minimum absolute atomic E-state index is 0.142. The normalized spacial score (nSPS) is 11.3. The molecule has 5 rings (SSSR count). The fraction of sp³-hybridized carbons (Fsp3) is 0.0455. The SMILES string of the molecule is Fc1cccc(-c2cc3ccn(Cc4cn(-c5ccc(Cl)cc5)nn4)cc-3n2)c1F. The third-order valence-electron chi connectivity index (χ3n) is 4.77. The maximum absolute atomic E-state index is 14.1. The highest BCUT2D eigenvalue weighted by atomic mass is 35.5. The Morgan fingerprint density at radius 1 is 0.933 bits per heavy atom. The van der Waals surface area contributed by atoms with Gasteiger partial charge in [0.15, 0.2) is 11.6 Å². The van der Waals surface area contributed by atoms with Crippen LogP contribution in [-0.2, 0) is 6.54 Å². The van der Waals surface area contributed by atoms with Crippen LogP contribution in [0.4, 0.5) is 8.78 Å².